The number of rotatable bonds is 5. The topological polar surface area (TPSA) is 66.3 Å². The lowest BCUT2D eigenvalue weighted by Crippen LogP contribution is -2.29. The molecule has 0 saturated heterocycles. The summed E-state index contributed by atoms with van der Waals surface area (Å²) in [5, 5.41) is 9.63. The number of benzene rings is 2. The fourth-order valence-electron chi connectivity index (χ4n) is 3.03. The summed E-state index contributed by atoms with van der Waals surface area (Å²) in [5.74, 6) is -0.0426. The van der Waals surface area contributed by atoms with E-state index in [0.717, 1.165) is 17.7 Å². The highest BCUT2D eigenvalue weighted by molar-refractivity contribution is 8.14. The number of carbonyl (C=O) groups is 1. The maximum atomic E-state index is 12.3. The van der Waals surface area contributed by atoms with Crippen molar-refractivity contribution in [1.82, 2.24) is 5.01 Å². The summed E-state index contributed by atoms with van der Waals surface area (Å²) in [7, 11) is 0. The molecule has 4 rings (SSSR count). The van der Waals surface area contributed by atoms with Crippen LogP contribution in [0.4, 0.5) is 20.2 Å². The zero-order chi connectivity index (χ0) is 19.5. The molecule has 1 amide bonds. The number of fused-ring (bicyclic) bond motifs is 3. The van der Waals surface area contributed by atoms with E-state index in [2.05, 4.69) is 20.1 Å². The summed E-state index contributed by atoms with van der Waals surface area (Å²) >= 11 is 1.30. The van der Waals surface area contributed by atoms with Crippen molar-refractivity contribution in [3.8, 4) is 5.75 Å². The third-order valence-electron chi connectivity index (χ3n) is 4.23. The normalized spacial score (nSPS) is 17.2. The van der Waals surface area contributed by atoms with Crippen LogP contribution in [0.2, 0.25) is 0 Å². The number of para-hydroxylation sites is 1. The number of nitrogens with one attached hydrogen (secondary N) is 1. The van der Waals surface area contributed by atoms with Gasteiger partial charge in [0.1, 0.15) is 5.75 Å². The van der Waals surface area contributed by atoms with Gasteiger partial charge in [-0.25, -0.2) is 10.0 Å². The van der Waals surface area contributed by atoms with Crippen LogP contribution in [-0.2, 0) is 4.79 Å². The van der Waals surface area contributed by atoms with E-state index in [4.69, 9.17) is 0 Å². The molecule has 1 N–H and O–H groups in total. The van der Waals surface area contributed by atoms with Gasteiger partial charge in [-0.2, -0.15) is 13.9 Å². The van der Waals surface area contributed by atoms with Gasteiger partial charge >= 0.3 is 6.61 Å². The van der Waals surface area contributed by atoms with Gasteiger partial charge in [0.15, 0.2) is 5.17 Å². The molecule has 6 nitrogen and oxygen atoms in total. The number of amides is 1. The molecule has 0 fully saturated rings. The Balaban J connectivity index is 1.38. The van der Waals surface area contributed by atoms with Crippen LogP contribution >= 0.6 is 11.8 Å². The Labute approximate surface area is 164 Å². The molecule has 1 unspecified atom stereocenters. The summed E-state index contributed by atoms with van der Waals surface area (Å²) in [6.07, 6.45) is 2.65. The summed E-state index contributed by atoms with van der Waals surface area (Å²) in [6, 6.07) is 13.8. The first-order chi connectivity index (χ1) is 13.6. The number of hydrogen-bond donors (Lipinski definition) is 1. The zero-order valence-electron chi connectivity index (χ0n) is 14.6. The Bertz CT molecular complexity index is 934. The molecule has 2 aliphatic rings. The summed E-state index contributed by atoms with van der Waals surface area (Å²) in [5.41, 5.74) is 2.52. The first-order valence-corrected chi connectivity index (χ1v) is 9.55. The highest BCUT2D eigenvalue weighted by atomic mass is 32.2. The Kier molecular flexibility index (Phi) is 5.25. The Morgan fingerprint density at radius 3 is 2.82 bits per heavy atom. The van der Waals surface area contributed by atoms with Gasteiger partial charge in [0, 0.05) is 23.9 Å². The number of alkyl halides is 2. The van der Waals surface area contributed by atoms with Gasteiger partial charge in [0.2, 0.25) is 5.91 Å². The van der Waals surface area contributed by atoms with E-state index in [1.807, 2.05) is 35.5 Å². The number of ether oxygens (including phenoxy) is 1. The molecule has 0 radical (unpaired) electrons. The van der Waals surface area contributed by atoms with Crippen molar-refractivity contribution in [2.75, 3.05) is 11.1 Å². The molecule has 2 aromatic carbocycles. The van der Waals surface area contributed by atoms with Crippen molar-refractivity contribution in [1.29, 1.82) is 0 Å². The third kappa shape index (κ3) is 3.99. The molecule has 9 heteroatoms. The van der Waals surface area contributed by atoms with Gasteiger partial charge in [-0.15, -0.1) is 0 Å². The van der Waals surface area contributed by atoms with E-state index < -0.39 is 6.61 Å². The average molecular weight is 402 g/mol. The van der Waals surface area contributed by atoms with Gasteiger partial charge in [-0.1, -0.05) is 30.0 Å². The molecule has 1 atom stereocenters. The molecule has 2 aliphatic heterocycles. The number of hydrazone groups is 1. The highest BCUT2D eigenvalue weighted by Crippen LogP contribution is 2.40. The van der Waals surface area contributed by atoms with E-state index in [1.54, 1.807) is 0 Å². The van der Waals surface area contributed by atoms with Crippen LogP contribution in [0.3, 0.4) is 0 Å². The van der Waals surface area contributed by atoms with Crippen LogP contribution in [0.15, 0.2) is 58.6 Å². The number of halogens is 2. The van der Waals surface area contributed by atoms with E-state index in [0.29, 0.717) is 10.9 Å². The number of amidine groups is 1. The maximum absolute atomic E-state index is 12.3. The molecule has 0 aliphatic carbocycles. The lowest BCUT2D eigenvalue weighted by Gasteiger charge is -2.29. The maximum Gasteiger partial charge on any atom is 0.387 e. The fourth-order valence-corrected chi connectivity index (χ4v) is 3.83. The molecule has 0 aromatic heterocycles. The zero-order valence-corrected chi connectivity index (χ0v) is 15.4. The van der Waals surface area contributed by atoms with E-state index in [1.165, 1.54) is 36.0 Å². The van der Waals surface area contributed by atoms with Gasteiger partial charge in [-0.3, -0.25) is 4.79 Å². The molecule has 0 bridgehead atoms. The van der Waals surface area contributed by atoms with E-state index >= 15 is 0 Å². The second-order valence-electron chi connectivity index (χ2n) is 6.09. The molecular weight excluding hydrogens is 386 g/mol. The minimum absolute atomic E-state index is 0.0375. The van der Waals surface area contributed by atoms with Crippen molar-refractivity contribution in [2.24, 2.45) is 10.1 Å². The van der Waals surface area contributed by atoms with Crippen LogP contribution in [0.5, 0.6) is 5.75 Å². The van der Waals surface area contributed by atoms with Crippen molar-refractivity contribution >= 4 is 40.4 Å². The predicted octanol–water partition coefficient (Wildman–Crippen LogP) is 4.39. The smallest absolute Gasteiger partial charge is 0.387 e. The summed E-state index contributed by atoms with van der Waals surface area (Å²) in [6.45, 7) is -2.88. The first kappa shape index (κ1) is 18.4. The average Bonchev–Trinajstić information content (AvgIpc) is 3.18. The fraction of sp³-hybridized carbons (Fsp3) is 0.211. The number of aliphatic imine (C=N–C) groups is 1. The second kappa shape index (κ2) is 7.97. The minimum Gasteiger partial charge on any atom is -0.435 e. The number of hydrogen-bond acceptors (Lipinski definition) is 6. The van der Waals surface area contributed by atoms with Crippen molar-refractivity contribution in [3.63, 3.8) is 0 Å². The lowest BCUT2D eigenvalue weighted by molar-refractivity contribution is -0.113. The molecule has 2 aromatic rings. The number of anilines is 1. The molecule has 28 heavy (non-hydrogen) atoms. The van der Waals surface area contributed by atoms with Gasteiger partial charge in [-0.05, 0) is 30.3 Å². The Hall–Kier alpha value is -2.94. The van der Waals surface area contributed by atoms with E-state index in [9.17, 15) is 13.6 Å². The molecule has 144 valence electrons. The molecular formula is C19H16F2N4O2S. The van der Waals surface area contributed by atoms with Crippen LogP contribution in [0.1, 0.15) is 18.0 Å². The predicted molar refractivity (Wildman–Crippen MR) is 105 cm³/mol. The molecule has 0 saturated carbocycles. The van der Waals surface area contributed by atoms with E-state index in [-0.39, 0.29) is 23.5 Å². The van der Waals surface area contributed by atoms with Crippen molar-refractivity contribution in [3.05, 3.63) is 54.1 Å². The van der Waals surface area contributed by atoms with Crippen LogP contribution in [-0.4, -0.2) is 34.7 Å². The van der Waals surface area contributed by atoms with Crippen molar-refractivity contribution < 1.29 is 18.3 Å². The summed E-state index contributed by atoms with van der Waals surface area (Å²) in [4.78, 5) is 16.9. The number of thioether (sulfide) groups is 1. The largest absolute Gasteiger partial charge is 0.435 e. The standard InChI is InChI=1S/C19H16F2N4O2S/c20-18(21)27-13-7-5-12(6-8-13)23-17(26)11-28-19-24-15-4-2-1-3-14(15)16-9-10-22-25(16)19/h1-8,10,16,18H,9,11H2,(H,23,26). The number of nitrogens with zero attached hydrogens (tertiary/aromatic N) is 3. The van der Waals surface area contributed by atoms with Gasteiger partial charge < -0.3 is 10.1 Å². The third-order valence-corrected chi connectivity index (χ3v) is 5.18. The van der Waals surface area contributed by atoms with Crippen LogP contribution in [0, 0.1) is 0 Å². The second-order valence-corrected chi connectivity index (χ2v) is 7.03. The van der Waals surface area contributed by atoms with Gasteiger partial charge in [0.25, 0.3) is 0 Å². The SMILES string of the molecule is O=C(CSC1=Nc2ccccc2C2CC=NN12)Nc1ccc(OC(F)F)cc1. The van der Waals surface area contributed by atoms with Crippen LogP contribution in [0.25, 0.3) is 0 Å². The molecule has 2 heterocycles. The van der Waals surface area contributed by atoms with Crippen molar-refractivity contribution in [2.45, 2.75) is 19.1 Å². The quantitative estimate of drug-likeness (QED) is 0.805. The Morgan fingerprint density at radius 2 is 2.04 bits per heavy atom. The summed E-state index contributed by atoms with van der Waals surface area (Å²) < 4.78 is 28.6. The first-order valence-electron chi connectivity index (χ1n) is 8.57. The lowest BCUT2D eigenvalue weighted by atomic mass is 10.0. The molecule has 0 spiro atoms. The monoisotopic (exact) mass is 402 g/mol. The Morgan fingerprint density at radius 1 is 1.25 bits per heavy atom. The van der Waals surface area contributed by atoms with Crippen LogP contribution < -0.4 is 10.1 Å². The number of carbonyl (C=O) groups excluding carboxylic acids is 1. The van der Waals surface area contributed by atoms with Gasteiger partial charge in [0.05, 0.1) is 17.5 Å². The highest BCUT2D eigenvalue weighted by Gasteiger charge is 2.32. The minimum atomic E-state index is -2.88.